The summed E-state index contributed by atoms with van der Waals surface area (Å²) < 4.78 is 16.5. The number of benzene rings is 2. The van der Waals surface area contributed by atoms with Crippen LogP contribution in [0.5, 0.6) is 17.2 Å². The molecule has 2 aromatic rings. The van der Waals surface area contributed by atoms with E-state index in [4.69, 9.17) is 31.1 Å². The predicted molar refractivity (Wildman–Crippen MR) is 95.6 cm³/mol. The number of nitrogens with zero attached hydrogens (tertiary/aromatic N) is 2. The minimum absolute atomic E-state index is 0.146. The zero-order valence-electron chi connectivity index (χ0n) is 14.2. The molecule has 1 amide bonds. The first-order valence-corrected chi connectivity index (χ1v) is 8.39. The summed E-state index contributed by atoms with van der Waals surface area (Å²) in [5.74, 6) is 1.58. The number of carbonyl (C=O) groups excluding carboxylic acids is 1. The van der Waals surface area contributed by atoms with Crippen LogP contribution in [0.25, 0.3) is 0 Å². The smallest absolute Gasteiger partial charge is 0.260 e. The molecular weight excluding hydrogens is 356 g/mol. The third-order valence-corrected chi connectivity index (χ3v) is 4.16. The van der Waals surface area contributed by atoms with Crippen molar-refractivity contribution in [3.8, 4) is 23.3 Å². The summed E-state index contributed by atoms with van der Waals surface area (Å²) in [6.45, 7) is 1.33. The average Bonchev–Trinajstić information content (AvgIpc) is 2.66. The topological polar surface area (TPSA) is 71.8 Å². The van der Waals surface area contributed by atoms with Crippen LogP contribution < -0.4 is 14.2 Å². The minimum atomic E-state index is -0.194. The van der Waals surface area contributed by atoms with E-state index in [2.05, 4.69) is 0 Å². The standard InChI is InChI=1S/C19H17ClN2O4/c1-22(11-14-3-5-17-18(9-14)25-7-6-24-17)19(23)12-26-16-4-2-13(10-21)8-15(16)20/h2-5,8-9H,6-7,11-12H2,1H3. The number of halogens is 1. The first kappa shape index (κ1) is 17.9. The number of amides is 1. The normalized spacial score (nSPS) is 12.2. The van der Waals surface area contributed by atoms with Crippen molar-refractivity contribution in [3.63, 3.8) is 0 Å². The van der Waals surface area contributed by atoms with Crippen molar-refractivity contribution in [1.82, 2.24) is 4.90 Å². The number of carbonyl (C=O) groups is 1. The van der Waals surface area contributed by atoms with Crippen LogP contribution >= 0.6 is 11.6 Å². The third kappa shape index (κ3) is 4.19. The molecule has 0 atom stereocenters. The number of ether oxygens (including phenoxy) is 3. The summed E-state index contributed by atoms with van der Waals surface area (Å²) in [6.07, 6.45) is 0. The van der Waals surface area contributed by atoms with Gasteiger partial charge in [-0.15, -0.1) is 0 Å². The number of hydrogen-bond donors (Lipinski definition) is 0. The molecule has 0 fully saturated rings. The van der Waals surface area contributed by atoms with Gasteiger partial charge >= 0.3 is 0 Å². The second-order valence-corrected chi connectivity index (χ2v) is 6.18. The fraction of sp³-hybridized carbons (Fsp3) is 0.263. The Hall–Kier alpha value is -2.91. The van der Waals surface area contributed by atoms with Gasteiger partial charge in [-0.2, -0.15) is 5.26 Å². The first-order valence-electron chi connectivity index (χ1n) is 8.02. The maximum atomic E-state index is 12.3. The van der Waals surface area contributed by atoms with Crippen LogP contribution in [-0.4, -0.2) is 37.7 Å². The zero-order valence-corrected chi connectivity index (χ0v) is 15.0. The van der Waals surface area contributed by atoms with Gasteiger partial charge in [0, 0.05) is 13.6 Å². The summed E-state index contributed by atoms with van der Waals surface area (Å²) >= 11 is 6.04. The van der Waals surface area contributed by atoms with E-state index in [1.54, 1.807) is 24.1 Å². The highest BCUT2D eigenvalue weighted by Crippen LogP contribution is 2.31. The summed E-state index contributed by atoms with van der Waals surface area (Å²) in [7, 11) is 1.70. The molecule has 0 saturated heterocycles. The molecule has 0 aromatic heterocycles. The van der Waals surface area contributed by atoms with Crippen LogP contribution in [0.1, 0.15) is 11.1 Å². The van der Waals surface area contributed by atoms with Crippen LogP contribution in [0.4, 0.5) is 0 Å². The molecule has 0 spiro atoms. The number of likely N-dealkylation sites (N-methyl/N-ethyl adjacent to an activating group) is 1. The fourth-order valence-corrected chi connectivity index (χ4v) is 2.72. The highest BCUT2D eigenvalue weighted by atomic mass is 35.5. The highest BCUT2D eigenvalue weighted by Gasteiger charge is 2.15. The predicted octanol–water partition coefficient (Wildman–Crippen LogP) is 3.02. The summed E-state index contributed by atoms with van der Waals surface area (Å²) in [5.41, 5.74) is 1.37. The van der Waals surface area contributed by atoms with Crippen molar-refractivity contribution in [2.24, 2.45) is 0 Å². The van der Waals surface area contributed by atoms with Crippen molar-refractivity contribution in [2.45, 2.75) is 6.54 Å². The lowest BCUT2D eigenvalue weighted by atomic mass is 10.2. The van der Waals surface area contributed by atoms with E-state index in [9.17, 15) is 4.79 Å². The molecule has 0 bridgehead atoms. The molecule has 0 unspecified atom stereocenters. The number of nitriles is 1. The van der Waals surface area contributed by atoms with Gasteiger partial charge in [-0.3, -0.25) is 4.79 Å². The molecule has 0 aliphatic carbocycles. The van der Waals surface area contributed by atoms with Gasteiger partial charge in [0.2, 0.25) is 0 Å². The van der Waals surface area contributed by atoms with E-state index in [0.29, 0.717) is 47.6 Å². The van der Waals surface area contributed by atoms with E-state index in [1.807, 2.05) is 24.3 Å². The SMILES string of the molecule is CN(Cc1ccc2c(c1)OCCO2)C(=O)COc1ccc(C#N)cc1Cl. The maximum absolute atomic E-state index is 12.3. The molecule has 0 radical (unpaired) electrons. The van der Waals surface area contributed by atoms with Gasteiger partial charge < -0.3 is 19.1 Å². The molecule has 7 heteroatoms. The maximum Gasteiger partial charge on any atom is 0.260 e. The molecule has 134 valence electrons. The van der Waals surface area contributed by atoms with Gasteiger partial charge in [0.1, 0.15) is 19.0 Å². The van der Waals surface area contributed by atoms with Gasteiger partial charge in [-0.05, 0) is 35.9 Å². The first-order chi connectivity index (χ1) is 12.6. The lowest BCUT2D eigenvalue weighted by Gasteiger charge is -2.21. The molecule has 0 N–H and O–H groups in total. The average molecular weight is 373 g/mol. The largest absolute Gasteiger partial charge is 0.486 e. The summed E-state index contributed by atoms with van der Waals surface area (Å²) in [5, 5.41) is 9.13. The molecule has 6 nitrogen and oxygen atoms in total. The fourth-order valence-electron chi connectivity index (χ4n) is 2.49. The van der Waals surface area contributed by atoms with Crippen molar-refractivity contribution < 1.29 is 19.0 Å². The summed E-state index contributed by atoms with van der Waals surface area (Å²) in [4.78, 5) is 13.9. The van der Waals surface area contributed by atoms with Gasteiger partial charge in [-0.25, -0.2) is 0 Å². The Morgan fingerprint density at radius 1 is 1.23 bits per heavy atom. The molecule has 1 aliphatic rings. The molecule has 1 heterocycles. The molecule has 0 saturated carbocycles. The van der Waals surface area contributed by atoms with E-state index in [-0.39, 0.29) is 12.5 Å². The Morgan fingerprint density at radius 2 is 2.00 bits per heavy atom. The van der Waals surface area contributed by atoms with E-state index in [0.717, 1.165) is 5.56 Å². The van der Waals surface area contributed by atoms with Crippen molar-refractivity contribution in [2.75, 3.05) is 26.9 Å². The molecule has 2 aromatic carbocycles. The van der Waals surface area contributed by atoms with Crippen molar-refractivity contribution in [1.29, 1.82) is 5.26 Å². The lowest BCUT2D eigenvalue weighted by molar-refractivity contribution is -0.132. The molecule has 1 aliphatic heterocycles. The van der Waals surface area contributed by atoms with Crippen molar-refractivity contribution in [3.05, 3.63) is 52.5 Å². The molecule has 26 heavy (non-hydrogen) atoms. The Labute approximate surface area is 156 Å². The van der Waals surface area contributed by atoms with Crippen LogP contribution in [-0.2, 0) is 11.3 Å². The monoisotopic (exact) mass is 372 g/mol. The highest BCUT2D eigenvalue weighted by molar-refractivity contribution is 6.32. The second kappa shape index (κ2) is 7.98. The van der Waals surface area contributed by atoms with E-state index in [1.165, 1.54) is 6.07 Å². The second-order valence-electron chi connectivity index (χ2n) is 5.77. The summed E-state index contributed by atoms with van der Waals surface area (Å²) in [6, 6.07) is 12.3. The van der Waals surface area contributed by atoms with Crippen LogP contribution in [0.2, 0.25) is 5.02 Å². The van der Waals surface area contributed by atoms with Gasteiger partial charge in [0.25, 0.3) is 5.91 Å². The van der Waals surface area contributed by atoms with Crippen LogP contribution in [0, 0.1) is 11.3 Å². The minimum Gasteiger partial charge on any atom is -0.486 e. The van der Waals surface area contributed by atoms with Crippen LogP contribution in [0.3, 0.4) is 0 Å². The quantitative estimate of drug-likeness (QED) is 0.806. The van der Waals surface area contributed by atoms with E-state index < -0.39 is 0 Å². The van der Waals surface area contributed by atoms with Crippen molar-refractivity contribution >= 4 is 17.5 Å². The zero-order chi connectivity index (χ0) is 18.5. The van der Waals surface area contributed by atoms with Gasteiger partial charge in [0.15, 0.2) is 18.1 Å². The van der Waals surface area contributed by atoms with Crippen LogP contribution in [0.15, 0.2) is 36.4 Å². The third-order valence-electron chi connectivity index (χ3n) is 3.86. The Bertz CT molecular complexity index is 863. The van der Waals surface area contributed by atoms with E-state index >= 15 is 0 Å². The Kier molecular flexibility index (Phi) is 5.49. The lowest BCUT2D eigenvalue weighted by Crippen LogP contribution is -2.31. The molecule has 3 rings (SSSR count). The molecular formula is C19H17ClN2O4. The Morgan fingerprint density at radius 3 is 2.73 bits per heavy atom. The number of fused-ring (bicyclic) bond motifs is 1. The Balaban J connectivity index is 1.57. The number of rotatable bonds is 5. The van der Waals surface area contributed by atoms with Gasteiger partial charge in [-0.1, -0.05) is 17.7 Å². The number of hydrogen-bond acceptors (Lipinski definition) is 5. The van der Waals surface area contributed by atoms with Gasteiger partial charge in [0.05, 0.1) is 16.7 Å².